The molecule has 3 rings (SSSR count). The molecule has 1 amide bonds. The molecule has 28 heavy (non-hydrogen) atoms. The number of nitrogens with one attached hydrogen (secondary N) is 1. The summed E-state index contributed by atoms with van der Waals surface area (Å²) in [5, 5.41) is 15.2. The maximum Gasteiger partial charge on any atom is 0.271 e. The van der Waals surface area contributed by atoms with Gasteiger partial charge in [-0.2, -0.15) is 5.10 Å². The molecule has 1 aliphatic heterocycles. The Labute approximate surface area is 163 Å². The van der Waals surface area contributed by atoms with Crippen LogP contribution in [0.1, 0.15) is 21.5 Å². The summed E-state index contributed by atoms with van der Waals surface area (Å²) < 4.78 is 0. The summed E-state index contributed by atoms with van der Waals surface area (Å²) in [7, 11) is 2.07. The Morgan fingerprint density at radius 3 is 2.46 bits per heavy atom. The van der Waals surface area contributed by atoms with E-state index in [1.54, 1.807) is 18.2 Å². The lowest BCUT2D eigenvalue weighted by atomic mass is 10.1. The quantitative estimate of drug-likeness (QED) is 0.488. The van der Waals surface area contributed by atoms with Crippen LogP contribution in [0, 0.1) is 17.0 Å². The fourth-order valence-corrected chi connectivity index (χ4v) is 3.02. The number of rotatable bonds is 5. The number of carbonyl (C=O) groups excluding carboxylic acids is 1. The summed E-state index contributed by atoms with van der Waals surface area (Å²) in [6.07, 6.45) is 1.47. The first kappa shape index (κ1) is 19.5. The van der Waals surface area contributed by atoms with Crippen molar-refractivity contribution in [3.8, 4) is 0 Å². The van der Waals surface area contributed by atoms with Crippen LogP contribution in [0.15, 0.2) is 47.6 Å². The van der Waals surface area contributed by atoms with Gasteiger partial charge in [-0.15, -0.1) is 0 Å². The van der Waals surface area contributed by atoms with E-state index in [2.05, 4.69) is 27.4 Å². The van der Waals surface area contributed by atoms with Gasteiger partial charge in [0.15, 0.2) is 0 Å². The molecule has 1 fully saturated rings. The standard InChI is InChI=1S/C20H23N5O3/c1-15-3-5-16(6-4-15)20(26)22-21-14-17-13-18(25(27)28)7-8-19(17)24-11-9-23(2)10-12-24/h3-8,13-14H,9-12H2,1-2H3,(H,22,26)/b21-14-. The van der Waals surface area contributed by atoms with Gasteiger partial charge in [0, 0.05) is 55.1 Å². The predicted molar refractivity (Wildman–Crippen MR) is 109 cm³/mol. The highest BCUT2D eigenvalue weighted by Crippen LogP contribution is 2.25. The molecule has 0 bridgehead atoms. The number of aryl methyl sites for hydroxylation is 1. The maximum atomic E-state index is 12.2. The number of nitro benzene ring substituents is 1. The average Bonchev–Trinajstić information content (AvgIpc) is 2.69. The molecular weight excluding hydrogens is 358 g/mol. The van der Waals surface area contributed by atoms with Crippen LogP contribution >= 0.6 is 0 Å². The van der Waals surface area contributed by atoms with Crippen LogP contribution in [0.4, 0.5) is 11.4 Å². The molecule has 0 atom stereocenters. The number of carbonyl (C=O) groups is 1. The zero-order valence-electron chi connectivity index (χ0n) is 16.0. The van der Waals surface area contributed by atoms with E-state index in [0.717, 1.165) is 37.4 Å². The summed E-state index contributed by atoms with van der Waals surface area (Å²) in [4.78, 5) is 27.3. The second-order valence-electron chi connectivity index (χ2n) is 6.86. The van der Waals surface area contributed by atoms with Crippen molar-refractivity contribution in [1.82, 2.24) is 10.3 Å². The van der Waals surface area contributed by atoms with Gasteiger partial charge in [0.1, 0.15) is 0 Å². The molecule has 0 radical (unpaired) electrons. The molecule has 146 valence electrons. The van der Waals surface area contributed by atoms with Crippen molar-refractivity contribution in [2.75, 3.05) is 38.1 Å². The normalized spacial score (nSPS) is 15.0. The van der Waals surface area contributed by atoms with E-state index in [9.17, 15) is 14.9 Å². The zero-order chi connectivity index (χ0) is 20.1. The molecule has 0 unspecified atom stereocenters. The van der Waals surface area contributed by atoms with Crippen molar-refractivity contribution < 1.29 is 9.72 Å². The highest BCUT2D eigenvalue weighted by atomic mass is 16.6. The first-order valence-electron chi connectivity index (χ1n) is 9.06. The van der Waals surface area contributed by atoms with Crippen molar-refractivity contribution in [2.24, 2.45) is 5.10 Å². The van der Waals surface area contributed by atoms with E-state index in [1.165, 1.54) is 18.3 Å². The summed E-state index contributed by atoms with van der Waals surface area (Å²) in [6.45, 7) is 5.42. The zero-order valence-corrected chi connectivity index (χ0v) is 16.0. The lowest BCUT2D eigenvalue weighted by Gasteiger charge is -2.34. The van der Waals surface area contributed by atoms with Gasteiger partial charge in [0.05, 0.1) is 11.1 Å². The smallest absolute Gasteiger partial charge is 0.271 e. The van der Waals surface area contributed by atoms with Gasteiger partial charge in [-0.3, -0.25) is 14.9 Å². The highest BCUT2D eigenvalue weighted by Gasteiger charge is 2.18. The highest BCUT2D eigenvalue weighted by molar-refractivity contribution is 5.95. The summed E-state index contributed by atoms with van der Waals surface area (Å²) >= 11 is 0. The molecule has 0 aromatic heterocycles. The lowest BCUT2D eigenvalue weighted by Crippen LogP contribution is -2.44. The molecule has 8 nitrogen and oxygen atoms in total. The van der Waals surface area contributed by atoms with Crippen LogP contribution < -0.4 is 10.3 Å². The van der Waals surface area contributed by atoms with Crippen LogP contribution in [0.5, 0.6) is 0 Å². The van der Waals surface area contributed by atoms with E-state index < -0.39 is 4.92 Å². The number of non-ortho nitro benzene ring substituents is 1. The van der Waals surface area contributed by atoms with Gasteiger partial charge >= 0.3 is 0 Å². The lowest BCUT2D eigenvalue weighted by molar-refractivity contribution is -0.384. The topological polar surface area (TPSA) is 91.1 Å². The number of amides is 1. The molecule has 1 heterocycles. The summed E-state index contributed by atoms with van der Waals surface area (Å²) in [5.41, 5.74) is 5.51. The minimum absolute atomic E-state index is 0.0100. The minimum Gasteiger partial charge on any atom is -0.368 e. The number of hydrogen-bond donors (Lipinski definition) is 1. The monoisotopic (exact) mass is 381 g/mol. The van der Waals surface area contributed by atoms with Gasteiger partial charge in [-0.25, -0.2) is 5.43 Å². The van der Waals surface area contributed by atoms with Gasteiger partial charge in [-0.1, -0.05) is 17.7 Å². The predicted octanol–water partition coefficient (Wildman–Crippen LogP) is 2.42. The minimum atomic E-state index is -0.435. The van der Waals surface area contributed by atoms with Crippen molar-refractivity contribution >= 4 is 23.5 Å². The number of benzene rings is 2. The number of likely N-dealkylation sites (N-methyl/N-ethyl adjacent to an activating group) is 1. The molecule has 1 aliphatic rings. The van der Waals surface area contributed by atoms with Gasteiger partial charge in [0.25, 0.3) is 11.6 Å². The third-order valence-corrected chi connectivity index (χ3v) is 4.75. The number of anilines is 1. The maximum absolute atomic E-state index is 12.2. The van der Waals surface area contributed by atoms with Crippen LogP contribution in [0.25, 0.3) is 0 Å². The first-order valence-corrected chi connectivity index (χ1v) is 9.06. The fraction of sp³-hybridized carbons (Fsp3) is 0.300. The number of piperazine rings is 1. The van der Waals surface area contributed by atoms with E-state index in [-0.39, 0.29) is 11.6 Å². The van der Waals surface area contributed by atoms with Crippen molar-refractivity contribution in [1.29, 1.82) is 0 Å². The Morgan fingerprint density at radius 1 is 1.14 bits per heavy atom. The third kappa shape index (κ3) is 4.72. The number of nitrogens with zero attached hydrogens (tertiary/aromatic N) is 4. The number of hydrogen-bond acceptors (Lipinski definition) is 6. The summed E-state index contributed by atoms with van der Waals surface area (Å²) in [6, 6.07) is 11.9. The van der Waals surface area contributed by atoms with Crippen LogP contribution in [0.3, 0.4) is 0 Å². The molecule has 2 aromatic carbocycles. The molecule has 0 saturated carbocycles. The van der Waals surface area contributed by atoms with Crippen LogP contribution in [-0.4, -0.2) is 55.2 Å². The molecule has 2 aromatic rings. The van der Waals surface area contributed by atoms with E-state index in [4.69, 9.17) is 0 Å². The Kier molecular flexibility index (Phi) is 6.00. The first-order chi connectivity index (χ1) is 13.4. The third-order valence-electron chi connectivity index (χ3n) is 4.75. The van der Waals surface area contributed by atoms with E-state index in [1.807, 2.05) is 19.1 Å². The van der Waals surface area contributed by atoms with Gasteiger partial charge in [0.2, 0.25) is 0 Å². The molecule has 0 spiro atoms. The number of nitro groups is 1. The van der Waals surface area contributed by atoms with Crippen LogP contribution in [-0.2, 0) is 0 Å². The Morgan fingerprint density at radius 2 is 1.82 bits per heavy atom. The second-order valence-corrected chi connectivity index (χ2v) is 6.86. The van der Waals surface area contributed by atoms with Crippen molar-refractivity contribution in [3.63, 3.8) is 0 Å². The van der Waals surface area contributed by atoms with Gasteiger partial charge < -0.3 is 9.80 Å². The molecule has 1 N–H and O–H groups in total. The Balaban J connectivity index is 1.79. The average molecular weight is 381 g/mol. The summed E-state index contributed by atoms with van der Waals surface area (Å²) in [5.74, 6) is -0.331. The van der Waals surface area contributed by atoms with E-state index >= 15 is 0 Å². The van der Waals surface area contributed by atoms with Crippen molar-refractivity contribution in [3.05, 3.63) is 69.3 Å². The molecular formula is C20H23N5O3. The van der Waals surface area contributed by atoms with Crippen molar-refractivity contribution in [2.45, 2.75) is 6.92 Å². The Hall–Kier alpha value is -3.26. The van der Waals surface area contributed by atoms with Gasteiger partial charge in [-0.05, 0) is 32.2 Å². The largest absolute Gasteiger partial charge is 0.368 e. The molecule has 8 heteroatoms. The Bertz CT molecular complexity index is 887. The van der Waals surface area contributed by atoms with E-state index in [0.29, 0.717) is 11.1 Å². The van der Waals surface area contributed by atoms with Crippen LogP contribution in [0.2, 0.25) is 0 Å². The molecule has 0 aliphatic carbocycles. The second kappa shape index (κ2) is 8.62. The molecule has 1 saturated heterocycles. The number of hydrazone groups is 1. The fourth-order valence-electron chi connectivity index (χ4n) is 3.02. The SMILES string of the molecule is Cc1ccc(C(=O)N/N=C\c2cc([N+](=O)[O-])ccc2N2CCN(C)CC2)cc1.